The minimum Gasteiger partial charge on any atom is -0.346 e. The molecule has 0 saturated heterocycles. The van der Waals surface area contributed by atoms with Crippen molar-refractivity contribution in [3.8, 4) is 0 Å². The minimum absolute atomic E-state index is 0.193. The summed E-state index contributed by atoms with van der Waals surface area (Å²) in [7, 11) is 0. The van der Waals surface area contributed by atoms with Gasteiger partial charge in [0.05, 0.1) is 11.1 Å². The lowest BCUT2D eigenvalue weighted by Gasteiger charge is -2.12. The molecule has 24 heavy (non-hydrogen) atoms. The summed E-state index contributed by atoms with van der Waals surface area (Å²) in [6.45, 7) is 0.386. The lowest BCUT2D eigenvalue weighted by Crippen LogP contribution is -2.31. The first-order chi connectivity index (χ1) is 11.7. The zero-order valence-electron chi connectivity index (χ0n) is 13.6. The Morgan fingerprint density at radius 3 is 2.42 bits per heavy atom. The van der Waals surface area contributed by atoms with Gasteiger partial charge < -0.3 is 4.98 Å². The Morgan fingerprint density at radius 2 is 1.75 bits per heavy atom. The fourth-order valence-electron chi connectivity index (χ4n) is 3.80. The highest BCUT2D eigenvalue weighted by Gasteiger charge is 2.34. The number of hydrogen-bond acceptors (Lipinski definition) is 3. The molecule has 1 aliphatic heterocycles. The van der Waals surface area contributed by atoms with E-state index in [2.05, 4.69) is 9.97 Å². The number of benzene rings is 1. The number of amides is 2. The Hall–Kier alpha value is -2.43. The predicted octanol–water partition coefficient (Wildman–Crippen LogP) is 2.98. The monoisotopic (exact) mass is 323 g/mol. The van der Waals surface area contributed by atoms with E-state index in [1.165, 1.54) is 30.6 Å². The van der Waals surface area contributed by atoms with E-state index in [4.69, 9.17) is 0 Å². The molecule has 1 fully saturated rings. The largest absolute Gasteiger partial charge is 0.346 e. The molecule has 0 atom stereocenters. The molecule has 124 valence electrons. The van der Waals surface area contributed by atoms with E-state index >= 15 is 0 Å². The van der Waals surface area contributed by atoms with Crippen molar-refractivity contribution in [2.24, 2.45) is 5.92 Å². The van der Waals surface area contributed by atoms with Gasteiger partial charge in [0.15, 0.2) is 0 Å². The number of imidazole rings is 1. The summed E-state index contributed by atoms with van der Waals surface area (Å²) in [4.78, 5) is 33.8. The molecular formula is C19H21N3O2. The van der Waals surface area contributed by atoms with Crippen LogP contribution in [0.4, 0.5) is 0 Å². The van der Waals surface area contributed by atoms with E-state index in [1.807, 2.05) is 6.20 Å². The van der Waals surface area contributed by atoms with Crippen LogP contribution in [0.2, 0.25) is 0 Å². The van der Waals surface area contributed by atoms with Crippen molar-refractivity contribution in [1.29, 1.82) is 0 Å². The van der Waals surface area contributed by atoms with Gasteiger partial charge in [0.1, 0.15) is 5.82 Å². The van der Waals surface area contributed by atoms with Crippen LogP contribution >= 0.6 is 0 Å². The zero-order chi connectivity index (χ0) is 16.5. The molecule has 2 aromatic rings. The van der Waals surface area contributed by atoms with Gasteiger partial charge in [-0.25, -0.2) is 4.98 Å². The van der Waals surface area contributed by atoms with Crippen molar-refractivity contribution in [2.45, 2.75) is 38.5 Å². The van der Waals surface area contributed by atoms with Gasteiger partial charge in [0.25, 0.3) is 11.8 Å². The molecule has 4 rings (SSSR count). The van der Waals surface area contributed by atoms with Crippen molar-refractivity contribution in [2.75, 3.05) is 6.54 Å². The van der Waals surface area contributed by atoms with Crippen molar-refractivity contribution in [3.63, 3.8) is 0 Å². The molecule has 0 radical (unpaired) electrons. The highest BCUT2D eigenvalue weighted by Crippen LogP contribution is 2.27. The molecular weight excluding hydrogens is 302 g/mol. The zero-order valence-corrected chi connectivity index (χ0v) is 13.6. The van der Waals surface area contributed by atoms with E-state index in [1.54, 1.807) is 24.3 Å². The van der Waals surface area contributed by atoms with E-state index in [9.17, 15) is 9.59 Å². The number of fused-ring (bicyclic) bond motifs is 1. The van der Waals surface area contributed by atoms with Crippen LogP contribution in [-0.4, -0.2) is 33.2 Å². The van der Waals surface area contributed by atoms with Gasteiger partial charge in [-0.1, -0.05) is 37.8 Å². The van der Waals surface area contributed by atoms with Gasteiger partial charge in [0.2, 0.25) is 0 Å². The summed E-state index contributed by atoms with van der Waals surface area (Å²) in [5.74, 6) is 1.39. The van der Waals surface area contributed by atoms with Crippen LogP contribution in [0, 0.1) is 5.92 Å². The molecule has 5 heteroatoms. The number of aromatic amines is 1. The van der Waals surface area contributed by atoms with Crippen LogP contribution in [0.1, 0.15) is 57.9 Å². The first kappa shape index (κ1) is 15.1. The fraction of sp³-hybridized carbons (Fsp3) is 0.421. The number of rotatable bonds is 5. The number of aromatic nitrogens is 2. The summed E-state index contributed by atoms with van der Waals surface area (Å²) in [6, 6.07) is 7.01. The van der Waals surface area contributed by atoms with E-state index < -0.39 is 0 Å². The van der Waals surface area contributed by atoms with Crippen LogP contribution in [-0.2, 0) is 12.8 Å². The third-order valence-corrected chi connectivity index (χ3v) is 5.12. The number of H-pyrrole nitrogens is 1. The minimum atomic E-state index is -0.193. The molecule has 1 N–H and O–H groups in total. The van der Waals surface area contributed by atoms with Crippen LogP contribution in [0.3, 0.4) is 0 Å². The first-order valence-corrected chi connectivity index (χ1v) is 8.70. The average molecular weight is 323 g/mol. The lowest BCUT2D eigenvalue weighted by atomic mass is 10.0. The molecule has 5 nitrogen and oxygen atoms in total. The third kappa shape index (κ3) is 2.75. The van der Waals surface area contributed by atoms with E-state index in [0.717, 1.165) is 23.9 Å². The Kier molecular flexibility index (Phi) is 3.92. The van der Waals surface area contributed by atoms with Gasteiger partial charge in [-0.05, 0) is 18.1 Å². The second-order valence-electron chi connectivity index (χ2n) is 6.77. The summed E-state index contributed by atoms with van der Waals surface area (Å²) < 4.78 is 0. The van der Waals surface area contributed by atoms with Crippen LogP contribution in [0.25, 0.3) is 0 Å². The second-order valence-corrected chi connectivity index (χ2v) is 6.77. The SMILES string of the molecule is O=C1c2ccccc2C(=O)N1CCc1cnc(CC2CCCC2)[nH]1. The van der Waals surface area contributed by atoms with Gasteiger partial charge >= 0.3 is 0 Å². The van der Waals surface area contributed by atoms with Crippen LogP contribution in [0.5, 0.6) is 0 Å². The maximum atomic E-state index is 12.3. The highest BCUT2D eigenvalue weighted by atomic mass is 16.2. The van der Waals surface area contributed by atoms with Crippen molar-refractivity contribution in [1.82, 2.24) is 14.9 Å². The Morgan fingerprint density at radius 1 is 1.08 bits per heavy atom. The van der Waals surface area contributed by atoms with Gasteiger partial charge in [0, 0.05) is 31.3 Å². The van der Waals surface area contributed by atoms with Crippen molar-refractivity contribution < 1.29 is 9.59 Å². The van der Waals surface area contributed by atoms with Gasteiger partial charge in [-0.2, -0.15) is 0 Å². The number of carbonyl (C=O) groups excluding carboxylic acids is 2. The number of imide groups is 1. The molecule has 0 bridgehead atoms. The number of carbonyl (C=O) groups is 2. The molecule has 0 spiro atoms. The van der Waals surface area contributed by atoms with Crippen LogP contribution < -0.4 is 0 Å². The molecule has 1 aliphatic carbocycles. The maximum Gasteiger partial charge on any atom is 0.261 e. The van der Waals surface area contributed by atoms with Crippen LogP contribution in [0.15, 0.2) is 30.5 Å². The topological polar surface area (TPSA) is 66.1 Å². The molecule has 1 aromatic heterocycles. The van der Waals surface area contributed by atoms with Crippen molar-refractivity contribution in [3.05, 3.63) is 53.1 Å². The molecule has 1 aromatic carbocycles. The molecule has 2 aliphatic rings. The Balaban J connectivity index is 1.38. The van der Waals surface area contributed by atoms with Gasteiger partial charge in [-0.15, -0.1) is 0 Å². The average Bonchev–Trinajstić information content (AvgIpc) is 3.31. The Bertz CT molecular complexity index is 739. The molecule has 0 unspecified atom stereocenters. The Labute approximate surface area is 141 Å². The van der Waals surface area contributed by atoms with Gasteiger partial charge in [-0.3, -0.25) is 14.5 Å². The summed E-state index contributed by atoms with van der Waals surface area (Å²) in [5, 5.41) is 0. The predicted molar refractivity (Wildman–Crippen MR) is 89.8 cm³/mol. The number of hydrogen-bond donors (Lipinski definition) is 1. The normalized spacial score (nSPS) is 17.8. The molecule has 1 saturated carbocycles. The van der Waals surface area contributed by atoms with Crippen molar-refractivity contribution >= 4 is 11.8 Å². The second kappa shape index (κ2) is 6.23. The number of nitrogens with zero attached hydrogens (tertiary/aromatic N) is 2. The first-order valence-electron chi connectivity index (χ1n) is 8.70. The van der Waals surface area contributed by atoms with E-state index in [-0.39, 0.29) is 11.8 Å². The maximum absolute atomic E-state index is 12.3. The summed E-state index contributed by atoms with van der Waals surface area (Å²) in [5.41, 5.74) is 2.00. The standard InChI is InChI=1S/C19H21N3O2/c23-18-15-7-3-4-8-16(15)19(24)22(18)10-9-14-12-20-17(21-14)11-13-5-1-2-6-13/h3-4,7-8,12-13H,1-2,5-6,9-11H2,(H,20,21). The third-order valence-electron chi connectivity index (χ3n) is 5.12. The van der Waals surface area contributed by atoms with E-state index in [0.29, 0.717) is 24.1 Å². The smallest absolute Gasteiger partial charge is 0.261 e. The summed E-state index contributed by atoms with van der Waals surface area (Å²) >= 11 is 0. The lowest BCUT2D eigenvalue weighted by molar-refractivity contribution is 0.0656. The molecule has 2 amide bonds. The fourth-order valence-corrected chi connectivity index (χ4v) is 3.80. The number of nitrogens with one attached hydrogen (secondary N) is 1. The quantitative estimate of drug-likeness (QED) is 0.860. The summed E-state index contributed by atoms with van der Waals surface area (Å²) in [6.07, 6.45) is 8.71. The highest BCUT2D eigenvalue weighted by molar-refractivity contribution is 6.21. The molecule has 2 heterocycles.